The van der Waals surface area contributed by atoms with Crippen molar-refractivity contribution in [2.24, 2.45) is 5.92 Å². The Morgan fingerprint density at radius 1 is 1.20 bits per heavy atom. The fourth-order valence-electron chi connectivity index (χ4n) is 1.97. The molecule has 1 aromatic rings. The minimum Gasteiger partial charge on any atom is -0.454 e. The minimum atomic E-state index is 0.349. The van der Waals surface area contributed by atoms with Gasteiger partial charge in [-0.1, -0.05) is 6.42 Å². The van der Waals surface area contributed by atoms with Crippen molar-refractivity contribution in [3.8, 4) is 11.5 Å². The lowest BCUT2D eigenvalue weighted by Gasteiger charge is -2.25. The number of fused-ring (bicyclic) bond motifs is 1. The predicted molar refractivity (Wildman–Crippen MR) is 58.4 cm³/mol. The van der Waals surface area contributed by atoms with Gasteiger partial charge in [-0.25, -0.2) is 0 Å². The van der Waals surface area contributed by atoms with Crippen LogP contribution in [0, 0.1) is 5.92 Å². The second-order valence-electron chi connectivity index (χ2n) is 4.25. The van der Waals surface area contributed by atoms with Gasteiger partial charge in [0.05, 0.1) is 0 Å². The Morgan fingerprint density at radius 3 is 2.87 bits per heavy atom. The zero-order chi connectivity index (χ0) is 10.1. The van der Waals surface area contributed by atoms with E-state index in [2.05, 4.69) is 5.32 Å². The summed E-state index contributed by atoms with van der Waals surface area (Å²) in [4.78, 5) is 0. The van der Waals surface area contributed by atoms with Crippen LogP contribution < -0.4 is 14.8 Å². The number of benzene rings is 1. The molecule has 1 N–H and O–H groups in total. The van der Waals surface area contributed by atoms with E-state index in [0.29, 0.717) is 6.79 Å². The van der Waals surface area contributed by atoms with Crippen LogP contribution in [0.5, 0.6) is 11.5 Å². The minimum absolute atomic E-state index is 0.349. The van der Waals surface area contributed by atoms with Gasteiger partial charge in [0, 0.05) is 18.3 Å². The molecule has 1 aliphatic carbocycles. The average Bonchev–Trinajstić information content (AvgIpc) is 2.62. The first-order valence-electron chi connectivity index (χ1n) is 5.55. The second-order valence-corrected chi connectivity index (χ2v) is 4.25. The highest BCUT2D eigenvalue weighted by Gasteiger charge is 2.17. The van der Waals surface area contributed by atoms with E-state index in [9.17, 15) is 0 Å². The average molecular weight is 205 g/mol. The number of anilines is 1. The number of hydrogen-bond acceptors (Lipinski definition) is 3. The summed E-state index contributed by atoms with van der Waals surface area (Å²) in [7, 11) is 0. The summed E-state index contributed by atoms with van der Waals surface area (Å²) in [5, 5.41) is 3.44. The first kappa shape index (κ1) is 8.89. The zero-order valence-electron chi connectivity index (χ0n) is 8.66. The van der Waals surface area contributed by atoms with Gasteiger partial charge >= 0.3 is 0 Å². The molecule has 1 saturated carbocycles. The molecular weight excluding hydrogens is 190 g/mol. The lowest BCUT2D eigenvalue weighted by atomic mass is 9.85. The van der Waals surface area contributed by atoms with Gasteiger partial charge in [-0.3, -0.25) is 0 Å². The quantitative estimate of drug-likeness (QED) is 0.822. The topological polar surface area (TPSA) is 30.5 Å². The van der Waals surface area contributed by atoms with Crippen LogP contribution in [-0.4, -0.2) is 13.3 Å². The Bertz CT molecular complexity index is 361. The van der Waals surface area contributed by atoms with E-state index in [1.165, 1.54) is 19.3 Å². The third-order valence-electron chi connectivity index (χ3n) is 3.19. The fraction of sp³-hybridized carbons (Fsp3) is 0.500. The Kier molecular flexibility index (Phi) is 2.16. The molecule has 1 aliphatic heterocycles. The van der Waals surface area contributed by atoms with E-state index in [1.807, 2.05) is 18.2 Å². The molecule has 15 heavy (non-hydrogen) atoms. The molecule has 1 fully saturated rings. The summed E-state index contributed by atoms with van der Waals surface area (Å²) >= 11 is 0. The molecule has 0 aromatic heterocycles. The number of ether oxygens (including phenoxy) is 2. The molecule has 80 valence electrons. The van der Waals surface area contributed by atoms with Crippen LogP contribution >= 0.6 is 0 Å². The summed E-state index contributed by atoms with van der Waals surface area (Å²) in [6, 6.07) is 6.03. The third-order valence-corrected chi connectivity index (χ3v) is 3.19. The second kappa shape index (κ2) is 3.65. The molecule has 0 saturated heterocycles. The molecule has 3 heteroatoms. The van der Waals surface area contributed by atoms with E-state index in [4.69, 9.17) is 9.47 Å². The lowest BCUT2D eigenvalue weighted by Crippen LogP contribution is -2.20. The van der Waals surface area contributed by atoms with E-state index >= 15 is 0 Å². The largest absolute Gasteiger partial charge is 0.454 e. The Hall–Kier alpha value is -1.38. The molecule has 0 spiro atoms. The fourth-order valence-corrected chi connectivity index (χ4v) is 1.97. The number of nitrogens with one attached hydrogen (secondary N) is 1. The number of rotatable bonds is 3. The van der Waals surface area contributed by atoms with Crippen LogP contribution in [0.15, 0.2) is 18.2 Å². The lowest BCUT2D eigenvalue weighted by molar-refractivity contribution is 0.174. The maximum Gasteiger partial charge on any atom is 0.231 e. The van der Waals surface area contributed by atoms with Crippen molar-refractivity contribution >= 4 is 5.69 Å². The van der Waals surface area contributed by atoms with Crippen LogP contribution in [0.4, 0.5) is 5.69 Å². The molecule has 2 aliphatic rings. The maximum absolute atomic E-state index is 5.32. The van der Waals surface area contributed by atoms with Gasteiger partial charge in [0.15, 0.2) is 11.5 Å². The summed E-state index contributed by atoms with van der Waals surface area (Å²) in [6.07, 6.45) is 4.14. The van der Waals surface area contributed by atoms with Crippen molar-refractivity contribution in [3.63, 3.8) is 0 Å². The van der Waals surface area contributed by atoms with Gasteiger partial charge in [0.2, 0.25) is 6.79 Å². The molecule has 1 aromatic carbocycles. The van der Waals surface area contributed by atoms with Gasteiger partial charge < -0.3 is 14.8 Å². The Balaban J connectivity index is 1.64. The van der Waals surface area contributed by atoms with Crippen LogP contribution in [0.25, 0.3) is 0 Å². The van der Waals surface area contributed by atoms with Crippen LogP contribution in [-0.2, 0) is 0 Å². The summed E-state index contributed by atoms with van der Waals surface area (Å²) in [5.74, 6) is 2.58. The first-order chi connectivity index (χ1) is 7.42. The molecule has 0 radical (unpaired) electrons. The standard InChI is InChI=1S/C12H15NO2/c1-2-9(3-1)7-13-10-4-5-11-12(6-10)15-8-14-11/h4-6,9,13H,1-3,7-8H2. The summed E-state index contributed by atoms with van der Waals surface area (Å²) in [5.41, 5.74) is 1.13. The van der Waals surface area contributed by atoms with Crippen LogP contribution in [0.3, 0.4) is 0 Å². The van der Waals surface area contributed by atoms with Crippen molar-refractivity contribution in [2.75, 3.05) is 18.7 Å². The van der Waals surface area contributed by atoms with Crippen molar-refractivity contribution in [1.29, 1.82) is 0 Å². The predicted octanol–water partition coefficient (Wildman–Crippen LogP) is 2.63. The van der Waals surface area contributed by atoms with Gasteiger partial charge in [0.1, 0.15) is 0 Å². The summed E-state index contributed by atoms with van der Waals surface area (Å²) < 4.78 is 10.6. The molecule has 3 rings (SSSR count). The Morgan fingerprint density at radius 2 is 2.07 bits per heavy atom. The van der Waals surface area contributed by atoms with Gasteiger partial charge in [-0.15, -0.1) is 0 Å². The van der Waals surface area contributed by atoms with Crippen LogP contribution in [0.1, 0.15) is 19.3 Å². The van der Waals surface area contributed by atoms with Crippen molar-refractivity contribution in [1.82, 2.24) is 0 Å². The van der Waals surface area contributed by atoms with Gasteiger partial charge in [-0.2, -0.15) is 0 Å². The third kappa shape index (κ3) is 1.74. The summed E-state index contributed by atoms with van der Waals surface area (Å²) in [6.45, 7) is 1.43. The number of hydrogen-bond donors (Lipinski definition) is 1. The van der Waals surface area contributed by atoms with Crippen molar-refractivity contribution in [3.05, 3.63) is 18.2 Å². The van der Waals surface area contributed by atoms with Gasteiger partial charge in [0.25, 0.3) is 0 Å². The highest BCUT2D eigenvalue weighted by molar-refractivity contribution is 5.55. The van der Waals surface area contributed by atoms with Gasteiger partial charge in [-0.05, 0) is 30.9 Å². The zero-order valence-corrected chi connectivity index (χ0v) is 8.66. The highest BCUT2D eigenvalue weighted by atomic mass is 16.7. The normalized spacial score (nSPS) is 18.7. The first-order valence-corrected chi connectivity index (χ1v) is 5.55. The Labute approximate surface area is 89.4 Å². The molecule has 1 heterocycles. The monoisotopic (exact) mass is 205 g/mol. The highest BCUT2D eigenvalue weighted by Crippen LogP contribution is 2.34. The molecular formula is C12H15NO2. The van der Waals surface area contributed by atoms with E-state index in [0.717, 1.165) is 29.6 Å². The van der Waals surface area contributed by atoms with E-state index < -0.39 is 0 Å². The molecule has 0 atom stereocenters. The maximum atomic E-state index is 5.32. The smallest absolute Gasteiger partial charge is 0.231 e. The van der Waals surface area contributed by atoms with E-state index in [1.54, 1.807) is 0 Å². The molecule has 0 bridgehead atoms. The van der Waals surface area contributed by atoms with Crippen LogP contribution in [0.2, 0.25) is 0 Å². The molecule has 0 unspecified atom stereocenters. The van der Waals surface area contributed by atoms with Crippen molar-refractivity contribution < 1.29 is 9.47 Å². The van der Waals surface area contributed by atoms with E-state index in [-0.39, 0.29) is 0 Å². The molecule has 3 nitrogen and oxygen atoms in total. The van der Waals surface area contributed by atoms with Crippen molar-refractivity contribution in [2.45, 2.75) is 19.3 Å². The SMILES string of the molecule is c1cc2c(cc1NCC1CCC1)OCO2. The molecule has 0 amide bonds.